The molecule has 0 aromatic rings. The number of unbranched alkanes of at least 4 members (excludes halogenated alkanes) is 2. The number of amides is 3. The van der Waals surface area contributed by atoms with Crippen LogP contribution in [0.5, 0.6) is 0 Å². The fraction of sp³-hybridized carbons (Fsp3) is 0.682. The lowest BCUT2D eigenvalue weighted by molar-refractivity contribution is -0.155. The molecule has 1 rings (SSSR count). The third kappa shape index (κ3) is 12.0. The molecule has 0 aromatic heterocycles. The number of rotatable bonds is 13. The summed E-state index contributed by atoms with van der Waals surface area (Å²) in [6.45, 7) is 7.75. The van der Waals surface area contributed by atoms with Crippen molar-refractivity contribution in [3.05, 3.63) is 11.8 Å². The molecule has 0 spiro atoms. The van der Waals surface area contributed by atoms with E-state index in [1.165, 1.54) is 26.3 Å². The lowest BCUT2D eigenvalue weighted by atomic mass is 10.2. The van der Waals surface area contributed by atoms with Crippen LogP contribution < -0.4 is 16.0 Å². The van der Waals surface area contributed by atoms with E-state index in [0.717, 1.165) is 25.7 Å². The molecule has 33 heavy (non-hydrogen) atoms. The molecule has 0 saturated carbocycles. The summed E-state index contributed by atoms with van der Waals surface area (Å²) < 4.78 is 15.7. The summed E-state index contributed by atoms with van der Waals surface area (Å²) in [5.74, 6) is -1.65. The van der Waals surface area contributed by atoms with Gasteiger partial charge in [0.2, 0.25) is 0 Å². The number of carbonyl (C=O) groups is 4. The molecule has 0 unspecified atom stereocenters. The summed E-state index contributed by atoms with van der Waals surface area (Å²) >= 11 is 0. The van der Waals surface area contributed by atoms with Crippen LogP contribution in [0.3, 0.4) is 0 Å². The molecule has 0 radical (unpaired) electrons. The topological polar surface area (TPSA) is 144 Å². The van der Waals surface area contributed by atoms with Gasteiger partial charge in [-0.05, 0) is 12.8 Å². The molecule has 0 aromatic carbocycles. The molecule has 3 amide bonds. The van der Waals surface area contributed by atoms with Gasteiger partial charge in [-0.1, -0.05) is 26.7 Å². The summed E-state index contributed by atoms with van der Waals surface area (Å²) in [7, 11) is 0. The molecule has 0 aliphatic carbocycles. The molecule has 1 aliphatic rings. The van der Waals surface area contributed by atoms with Crippen LogP contribution in [-0.4, -0.2) is 68.2 Å². The number of esters is 2. The number of imide groups is 1. The molecular weight excluding hydrogens is 432 g/mol. The Balaban J connectivity index is 2.69. The number of carbonyl (C=O) groups excluding carboxylic acids is 4. The highest BCUT2D eigenvalue weighted by molar-refractivity contribution is 6.16. The number of hydrogen-bond acceptors (Lipinski definition) is 9. The molecule has 186 valence electrons. The average Bonchev–Trinajstić information content (AvgIpc) is 3.10. The fourth-order valence-electron chi connectivity index (χ4n) is 2.89. The zero-order chi connectivity index (χ0) is 24.6. The second kappa shape index (κ2) is 15.8. The van der Waals surface area contributed by atoms with E-state index in [1.54, 1.807) is 0 Å². The maximum atomic E-state index is 12.6. The molecule has 0 bridgehead atoms. The van der Waals surface area contributed by atoms with Crippen molar-refractivity contribution in [1.82, 2.24) is 16.0 Å². The second-order valence-electron chi connectivity index (χ2n) is 7.57. The first-order valence-corrected chi connectivity index (χ1v) is 11.3. The van der Waals surface area contributed by atoms with E-state index in [2.05, 4.69) is 27.9 Å². The van der Waals surface area contributed by atoms with Crippen LogP contribution in [-0.2, 0) is 28.6 Å². The Morgan fingerprint density at radius 1 is 1.09 bits per heavy atom. The van der Waals surface area contributed by atoms with Gasteiger partial charge in [0.05, 0.1) is 5.57 Å². The minimum atomic E-state index is -0.837. The SMILES string of the molecule is CCCCN=C/C(=C\NCCCC)C(=O)NC(=O)N[C@H]1C[C@H](OC(C)=O)[C@@H](COC(C)=O)O1. The number of urea groups is 1. The van der Waals surface area contributed by atoms with E-state index < -0.39 is 42.3 Å². The van der Waals surface area contributed by atoms with E-state index in [0.29, 0.717) is 13.1 Å². The Kier molecular flexibility index (Phi) is 13.4. The first-order valence-electron chi connectivity index (χ1n) is 11.3. The van der Waals surface area contributed by atoms with Crippen molar-refractivity contribution in [2.45, 2.75) is 78.2 Å². The van der Waals surface area contributed by atoms with Crippen LogP contribution in [0.4, 0.5) is 4.79 Å². The van der Waals surface area contributed by atoms with E-state index in [4.69, 9.17) is 14.2 Å². The van der Waals surface area contributed by atoms with Crippen molar-refractivity contribution in [2.75, 3.05) is 19.7 Å². The molecule has 1 saturated heterocycles. The summed E-state index contributed by atoms with van der Waals surface area (Å²) in [5, 5.41) is 7.82. The minimum Gasteiger partial charge on any atom is -0.463 e. The maximum absolute atomic E-state index is 12.6. The molecular formula is C22H36N4O7. The third-order valence-electron chi connectivity index (χ3n) is 4.55. The predicted molar refractivity (Wildman–Crippen MR) is 121 cm³/mol. The molecule has 3 atom stereocenters. The number of nitrogens with one attached hydrogen (secondary N) is 3. The lowest BCUT2D eigenvalue weighted by Crippen LogP contribution is -2.45. The van der Waals surface area contributed by atoms with E-state index in [-0.39, 0.29) is 18.6 Å². The Bertz CT molecular complexity index is 724. The van der Waals surface area contributed by atoms with Crippen molar-refractivity contribution < 1.29 is 33.4 Å². The van der Waals surface area contributed by atoms with Gasteiger partial charge in [-0.3, -0.25) is 24.7 Å². The zero-order valence-corrected chi connectivity index (χ0v) is 19.8. The maximum Gasteiger partial charge on any atom is 0.323 e. The fourth-order valence-corrected chi connectivity index (χ4v) is 2.89. The van der Waals surface area contributed by atoms with Crippen molar-refractivity contribution >= 4 is 30.1 Å². The van der Waals surface area contributed by atoms with Gasteiger partial charge in [-0.2, -0.15) is 0 Å². The standard InChI is InChI=1S/C22H36N4O7/c1-5-7-9-23-12-17(13-24-10-8-6-2)21(29)26-22(30)25-20-11-18(32-16(4)28)19(33-20)14-31-15(3)27/h12-13,18-20,23H,5-11,14H2,1-4H3,(H2,25,26,29,30)/b17-12+,24-13?/t18-,19+,20+/m0/s1. The summed E-state index contributed by atoms with van der Waals surface area (Å²) in [6, 6.07) is -0.777. The number of ether oxygens (including phenoxy) is 3. The normalized spacial score (nSPS) is 20.4. The molecule has 3 N–H and O–H groups in total. The van der Waals surface area contributed by atoms with E-state index in [1.807, 2.05) is 6.92 Å². The Hall–Kier alpha value is -2.95. The Morgan fingerprint density at radius 3 is 2.45 bits per heavy atom. The molecule has 1 heterocycles. The summed E-state index contributed by atoms with van der Waals surface area (Å²) in [4.78, 5) is 51.6. The van der Waals surface area contributed by atoms with Crippen LogP contribution in [0.1, 0.15) is 59.8 Å². The van der Waals surface area contributed by atoms with Gasteiger partial charge >= 0.3 is 18.0 Å². The second-order valence-corrected chi connectivity index (χ2v) is 7.57. The van der Waals surface area contributed by atoms with Gasteiger partial charge in [0.1, 0.15) is 25.0 Å². The van der Waals surface area contributed by atoms with Gasteiger partial charge < -0.3 is 24.8 Å². The lowest BCUT2D eigenvalue weighted by Gasteiger charge is -2.17. The van der Waals surface area contributed by atoms with Gasteiger partial charge in [0, 0.05) is 45.8 Å². The van der Waals surface area contributed by atoms with Crippen LogP contribution in [0.25, 0.3) is 0 Å². The highest BCUT2D eigenvalue weighted by atomic mass is 16.6. The monoisotopic (exact) mass is 468 g/mol. The van der Waals surface area contributed by atoms with Crippen LogP contribution in [0.15, 0.2) is 16.8 Å². The van der Waals surface area contributed by atoms with Crippen LogP contribution in [0.2, 0.25) is 0 Å². The number of nitrogens with zero attached hydrogens (tertiary/aromatic N) is 1. The average molecular weight is 469 g/mol. The van der Waals surface area contributed by atoms with Crippen molar-refractivity contribution in [3.63, 3.8) is 0 Å². The highest BCUT2D eigenvalue weighted by Gasteiger charge is 2.39. The van der Waals surface area contributed by atoms with E-state index in [9.17, 15) is 19.2 Å². The Morgan fingerprint density at radius 2 is 1.82 bits per heavy atom. The minimum absolute atomic E-state index is 0.128. The third-order valence-corrected chi connectivity index (χ3v) is 4.55. The van der Waals surface area contributed by atoms with Crippen LogP contribution in [0, 0.1) is 0 Å². The summed E-state index contributed by atoms with van der Waals surface area (Å²) in [5.41, 5.74) is 0.218. The van der Waals surface area contributed by atoms with Crippen molar-refractivity contribution in [2.24, 2.45) is 4.99 Å². The first-order chi connectivity index (χ1) is 15.8. The van der Waals surface area contributed by atoms with Gasteiger partial charge in [0.15, 0.2) is 0 Å². The van der Waals surface area contributed by atoms with Gasteiger partial charge in [-0.15, -0.1) is 0 Å². The number of hydrogen-bond donors (Lipinski definition) is 3. The zero-order valence-electron chi connectivity index (χ0n) is 19.8. The largest absolute Gasteiger partial charge is 0.463 e. The van der Waals surface area contributed by atoms with Crippen LogP contribution >= 0.6 is 0 Å². The Labute approximate surface area is 194 Å². The molecule has 1 aliphatic heterocycles. The quantitative estimate of drug-likeness (QED) is 0.160. The van der Waals surface area contributed by atoms with E-state index >= 15 is 0 Å². The van der Waals surface area contributed by atoms with Gasteiger partial charge in [-0.25, -0.2) is 4.79 Å². The predicted octanol–water partition coefficient (Wildman–Crippen LogP) is 1.57. The highest BCUT2D eigenvalue weighted by Crippen LogP contribution is 2.22. The molecule has 11 nitrogen and oxygen atoms in total. The smallest absolute Gasteiger partial charge is 0.323 e. The van der Waals surface area contributed by atoms with Gasteiger partial charge in [0.25, 0.3) is 5.91 Å². The molecule has 11 heteroatoms. The first kappa shape index (κ1) is 28.1. The molecule has 1 fully saturated rings. The van der Waals surface area contributed by atoms with Crippen molar-refractivity contribution in [3.8, 4) is 0 Å². The van der Waals surface area contributed by atoms with Crippen molar-refractivity contribution in [1.29, 1.82) is 0 Å². The number of aliphatic imine (C=N–C) groups is 1. The summed E-state index contributed by atoms with van der Waals surface area (Å²) in [6.07, 6.45) is 4.67.